The number of hydrogen-bond donors (Lipinski definition) is 3. The second-order valence-electron chi connectivity index (χ2n) is 6.72. The molecule has 18 heavy (non-hydrogen) atoms. The molecule has 4 atom stereocenters. The van der Waals surface area contributed by atoms with Gasteiger partial charge in [-0.05, 0) is 44.9 Å². The number of nitrogens with one attached hydrogen (secondary N) is 1. The van der Waals surface area contributed by atoms with E-state index in [4.69, 9.17) is 5.73 Å². The van der Waals surface area contributed by atoms with Crippen molar-refractivity contribution in [2.45, 2.75) is 77.5 Å². The number of nitrogens with two attached hydrogens (primary N) is 1. The summed E-state index contributed by atoms with van der Waals surface area (Å²) in [4.78, 5) is 0. The molecule has 3 heteroatoms. The molecule has 3 nitrogen and oxygen atoms in total. The van der Waals surface area contributed by atoms with Crippen LogP contribution in [0.1, 0.15) is 59.8 Å². The molecule has 0 aromatic rings. The SMILES string of the molecule is CC(O)CC(C)NC1(CN)CCCC(C(C)C)C1. The molecule has 1 aliphatic rings. The number of rotatable bonds is 6. The summed E-state index contributed by atoms with van der Waals surface area (Å²) in [5.41, 5.74) is 6.15. The van der Waals surface area contributed by atoms with Gasteiger partial charge in [-0.2, -0.15) is 0 Å². The second-order valence-corrected chi connectivity index (χ2v) is 6.72. The molecule has 0 radical (unpaired) electrons. The zero-order chi connectivity index (χ0) is 13.8. The van der Waals surface area contributed by atoms with Gasteiger partial charge in [0, 0.05) is 18.1 Å². The smallest absolute Gasteiger partial charge is 0.0526 e. The maximum absolute atomic E-state index is 9.48. The molecule has 1 fully saturated rings. The van der Waals surface area contributed by atoms with Crippen molar-refractivity contribution in [3.63, 3.8) is 0 Å². The van der Waals surface area contributed by atoms with Crippen LogP contribution in [-0.2, 0) is 0 Å². The molecule has 0 aromatic heterocycles. The first-order valence-electron chi connectivity index (χ1n) is 7.54. The van der Waals surface area contributed by atoms with Crippen LogP contribution in [0.4, 0.5) is 0 Å². The van der Waals surface area contributed by atoms with Crippen LogP contribution in [0.25, 0.3) is 0 Å². The van der Waals surface area contributed by atoms with Gasteiger partial charge in [-0.15, -0.1) is 0 Å². The lowest BCUT2D eigenvalue weighted by atomic mass is 9.71. The molecule has 4 N–H and O–H groups in total. The lowest BCUT2D eigenvalue weighted by Gasteiger charge is -2.44. The minimum absolute atomic E-state index is 0.0987. The molecular weight excluding hydrogens is 224 g/mol. The van der Waals surface area contributed by atoms with Crippen LogP contribution in [0.5, 0.6) is 0 Å². The highest BCUT2D eigenvalue weighted by molar-refractivity contribution is 4.96. The van der Waals surface area contributed by atoms with E-state index in [-0.39, 0.29) is 11.6 Å². The highest BCUT2D eigenvalue weighted by atomic mass is 16.3. The van der Waals surface area contributed by atoms with Crippen LogP contribution in [0, 0.1) is 11.8 Å². The first kappa shape index (κ1) is 15.9. The fourth-order valence-electron chi connectivity index (χ4n) is 3.45. The molecule has 1 aliphatic carbocycles. The maximum Gasteiger partial charge on any atom is 0.0526 e. The van der Waals surface area contributed by atoms with Crippen LogP contribution in [0.2, 0.25) is 0 Å². The largest absolute Gasteiger partial charge is 0.393 e. The summed E-state index contributed by atoms with van der Waals surface area (Å²) in [6.45, 7) is 9.35. The van der Waals surface area contributed by atoms with Crippen molar-refractivity contribution in [2.24, 2.45) is 17.6 Å². The van der Waals surface area contributed by atoms with Gasteiger partial charge < -0.3 is 16.2 Å². The Labute approximate surface area is 113 Å². The molecule has 0 bridgehead atoms. The topological polar surface area (TPSA) is 58.3 Å². The van der Waals surface area contributed by atoms with E-state index in [0.29, 0.717) is 12.6 Å². The van der Waals surface area contributed by atoms with Crippen molar-refractivity contribution in [2.75, 3.05) is 6.54 Å². The first-order chi connectivity index (χ1) is 8.38. The standard InChI is InChI=1S/C15H32N2O/c1-11(2)14-6-5-7-15(9-14,10-16)17-12(3)8-13(4)18/h11-14,17-18H,5-10,16H2,1-4H3. The normalized spacial score (nSPS) is 32.5. The highest BCUT2D eigenvalue weighted by Gasteiger charge is 2.36. The summed E-state index contributed by atoms with van der Waals surface area (Å²) in [5.74, 6) is 1.53. The van der Waals surface area contributed by atoms with Gasteiger partial charge in [0.1, 0.15) is 0 Å². The van der Waals surface area contributed by atoms with Gasteiger partial charge in [0.05, 0.1) is 6.10 Å². The summed E-state index contributed by atoms with van der Waals surface area (Å²) in [6, 6.07) is 0.333. The summed E-state index contributed by atoms with van der Waals surface area (Å²) in [7, 11) is 0. The minimum atomic E-state index is -0.244. The zero-order valence-electron chi connectivity index (χ0n) is 12.6. The average Bonchev–Trinajstić information content (AvgIpc) is 2.28. The summed E-state index contributed by atoms with van der Waals surface area (Å²) < 4.78 is 0. The van der Waals surface area contributed by atoms with Crippen LogP contribution < -0.4 is 11.1 Å². The third-order valence-corrected chi connectivity index (χ3v) is 4.46. The van der Waals surface area contributed by atoms with Crippen molar-refractivity contribution >= 4 is 0 Å². The molecule has 0 aliphatic heterocycles. The fourth-order valence-corrected chi connectivity index (χ4v) is 3.45. The number of hydrogen-bond acceptors (Lipinski definition) is 3. The third-order valence-electron chi connectivity index (χ3n) is 4.46. The molecule has 0 heterocycles. The van der Waals surface area contributed by atoms with E-state index in [1.165, 1.54) is 25.7 Å². The molecule has 0 amide bonds. The first-order valence-corrected chi connectivity index (χ1v) is 7.54. The van der Waals surface area contributed by atoms with Crippen molar-refractivity contribution in [1.29, 1.82) is 0 Å². The van der Waals surface area contributed by atoms with Gasteiger partial charge >= 0.3 is 0 Å². The van der Waals surface area contributed by atoms with E-state index in [1.807, 2.05) is 6.92 Å². The van der Waals surface area contributed by atoms with Gasteiger partial charge in [-0.1, -0.05) is 26.7 Å². The Morgan fingerprint density at radius 2 is 2.00 bits per heavy atom. The third kappa shape index (κ3) is 4.52. The van der Waals surface area contributed by atoms with Crippen molar-refractivity contribution in [3.05, 3.63) is 0 Å². The van der Waals surface area contributed by atoms with Crippen LogP contribution in [0.15, 0.2) is 0 Å². The van der Waals surface area contributed by atoms with E-state index in [2.05, 4.69) is 26.1 Å². The van der Waals surface area contributed by atoms with E-state index >= 15 is 0 Å². The predicted molar refractivity (Wildman–Crippen MR) is 77.5 cm³/mol. The van der Waals surface area contributed by atoms with Crippen molar-refractivity contribution in [3.8, 4) is 0 Å². The highest BCUT2D eigenvalue weighted by Crippen LogP contribution is 2.36. The van der Waals surface area contributed by atoms with E-state index in [1.54, 1.807) is 0 Å². The average molecular weight is 256 g/mol. The van der Waals surface area contributed by atoms with Gasteiger partial charge in [-0.3, -0.25) is 0 Å². The Hall–Kier alpha value is -0.120. The predicted octanol–water partition coefficient (Wildman–Crippen LogP) is 2.28. The zero-order valence-corrected chi connectivity index (χ0v) is 12.6. The Balaban J connectivity index is 2.61. The van der Waals surface area contributed by atoms with Gasteiger partial charge in [-0.25, -0.2) is 0 Å². The molecule has 1 saturated carbocycles. The van der Waals surface area contributed by atoms with E-state index in [0.717, 1.165) is 18.3 Å². The maximum atomic E-state index is 9.48. The Morgan fingerprint density at radius 1 is 1.33 bits per heavy atom. The van der Waals surface area contributed by atoms with Gasteiger partial charge in [0.15, 0.2) is 0 Å². The lowest BCUT2D eigenvalue weighted by Crippen LogP contribution is -2.57. The van der Waals surface area contributed by atoms with E-state index in [9.17, 15) is 5.11 Å². The molecule has 4 unspecified atom stereocenters. The summed E-state index contributed by atoms with van der Waals surface area (Å²) in [6.07, 6.45) is 5.53. The molecule has 0 aromatic carbocycles. The van der Waals surface area contributed by atoms with Crippen LogP contribution in [-0.4, -0.2) is 29.3 Å². The molecular formula is C15H32N2O. The number of aliphatic hydroxyl groups excluding tert-OH is 1. The quantitative estimate of drug-likeness (QED) is 0.683. The molecule has 1 rings (SSSR count). The monoisotopic (exact) mass is 256 g/mol. The molecule has 108 valence electrons. The lowest BCUT2D eigenvalue weighted by molar-refractivity contribution is 0.120. The minimum Gasteiger partial charge on any atom is -0.393 e. The van der Waals surface area contributed by atoms with E-state index < -0.39 is 0 Å². The molecule has 0 spiro atoms. The van der Waals surface area contributed by atoms with Gasteiger partial charge in [0.2, 0.25) is 0 Å². The Kier molecular flexibility index (Phi) is 6.09. The Morgan fingerprint density at radius 3 is 2.50 bits per heavy atom. The summed E-state index contributed by atoms with van der Waals surface area (Å²) in [5, 5.41) is 13.2. The fraction of sp³-hybridized carbons (Fsp3) is 1.00. The number of aliphatic hydroxyl groups is 1. The Bertz CT molecular complexity index is 243. The molecule has 0 saturated heterocycles. The van der Waals surface area contributed by atoms with Crippen LogP contribution >= 0.6 is 0 Å². The van der Waals surface area contributed by atoms with Crippen molar-refractivity contribution in [1.82, 2.24) is 5.32 Å². The van der Waals surface area contributed by atoms with Gasteiger partial charge in [0.25, 0.3) is 0 Å². The summed E-state index contributed by atoms with van der Waals surface area (Å²) >= 11 is 0. The van der Waals surface area contributed by atoms with Crippen molar-refractivity contribution < 1.29 is 5.11 Å². The van der Waals surface area contributed by atoms with Crippen LogP contribution in [0.3, 0.4) is 0 Å². The second kappa shape index (κ2) is 6.88.